The van der Waals surface area contributed by atoms with Crippen molar-refractivity contribution < 1.29 is 0 Å². The van der Waals surface area contributed by atoms with Gasteiger partial charge >= 0.3 is 0 Å². The molecule has 2 heteroatoms. The maximum absolute atomic E-state index is 6.12. The highest BCUT2D eigenvalue weighted by atomic mass is 15.2. The fourth-order valence-electron chi connectivity index (χ4n) is 8.79. The molecule has 2 N–H and O–H groups in total. The van der Waals surface area contributed by atoms with E-state index in [0.717, 1.165) is 18.4 Å². The third-order valence-corrected chi connectivity index (χ3v) is 10.9. The maximum Gasteiger partial charge on any atom is 0.0718 e. The molecule has 2 nitrogen and oxygen atoms in total. The van der Waals surface area contributed by atoms with E-state index in [4.69, 9.17) is 5.73 Å². The van der Waals surface area contributed by atoms with Crippen molar-refractivity contribution in [3.8, 4) is 11.1 Å². The van der Waals surface area contributed by atoms with E-state index in [-0.39, 0.29) is 0 Å². The van der Waals surface area contributed by atoms with Crippen molar-refractivity contribution in [1.29, 1.82) is 0 Å². The standard InChI is InChI=1S/C46H34N2/c47-29-30-11-10-16-31(23-30)36-21-22-39-38-19-8-9-20-40(38)46(41(39)24-36)42-25-32-12-4-6-14-34(32)27-44(42)48(37-17-2-1-3-18-37)45-28-35-15-7-5-13-33(35)26-43(45)46/h1-8,10-19,21-28H,9,20,29,47H2. The van der Waals surface area contributed by atoms with E-state index in [0.29, 0.717) is 6.54 Å². The number of nitrogens with two attached hydrogens (primary N) is 1. The molecule has 7 aromatic rings. The summed E-state index contributed by atoms with van der Waals surface area (Å²) >= 11 is 0. The molecule has 0 bridgehead atoms. The highest BCUT2D eigenvalue weighted by molar-refractivity contribution is 6.04. The number of hydrogen-bond acceptors (Lipinski definition) is 2. The molecule has 10 rings (SSSR count). The maximum atomic E-state index is 6.12. The Morgan fingerprint density at radius 3 is 1.85 bits per heavy atom. The number of allylic oxidation sites excluding steroid dienone is 4. The molecule has 0 fully saturated rings. The summed E-state index contributed by atoms with van der Waals surface area (Å²) < 4.78 is 0. The first-order valence-corrected chi connectivity index (χ1v) is 17.0. The van der Waals surface area contributed by atoms with Crippen LogP contribution in [0, 0.1) is 0 Å². The molecule has 0 aromatic heterocycles. The molecule has 48 heavy (non-hydrogen) atoms. The zero-order chi connectivity index (χ0) is 31.8. The summed E-state index contributed by atoms with van der Waals surface area (Å²) in [5, 5.41) is 5.03. The summed E-state index contributed by atoms with van der Waals surface area (Å²) in [7, 11) is 0. The van der Waals surface area contributed by atoms with Gasteiger partial charge in [-0.05, 0) is 133 Å². The van der Waals surface area contributed by atoms with E-state index >= 15 is 0 Å². The lowest BCUT2D eigenvalue weighted by atomic mass is 9.62. The molecule has 0 radical (unpaired) electrons. The van der Waals surface area contributed by atoms with Gasteiger partial charge in [-0.15, -0.1) is 0 Å². The number of hydrogen-bond donors (Lipinski definition) is 1. The van der Waals surface area contributed by atoms with Gasteiger partial charge in [0.25, 0.3) is 0 Å². The van der Waals surface area contributed by atoms with E-state index < -0.39 is 5.41 Å². The van der Waals surface area contributed by atoms with Gasteiger partial charge < -0.3 is 10.6 Å². The zero-order valence-corrected chi connectivity index (χ0v) is 26.7. The van der Waals surface area contributed by atoms with Crippen LogP contribution in [-0.4, -0.2) is 0 Å². The zero-order valence-electron chi connectivity index (χ0n) is 26.7. The molecule has 0 amide bonds. The highest BCUT2D eigenvalue weighted by Gasteiger charge is 2.53. The predicted molar refractivity (Wildman–Crippen MR) is 201 cm³/mol. The Kier molecular flexibility index (Phi) is 5.94. The second-order valence-corrected chi connectivity index (χ2v) is 13.4. The number of rotatable bonds is 3. The van der Waals surface area contributed by atoms with E-state index in [1.807, 2.05) is 0 Å². The largest absolute Gasteiger partial charge is 0.326 e. The molecule has 1 spiro atoms. The normalized spacial score (nSPS) is 15.5. The van der Waals surface area contributed by atoms with Gasteiger partial charge in [0, 0.05) is 12.2 Å². The van der Waals surface area contributed by atoms with Gasteiger partial charge in [-0.2, -0.15) is 0 Å². The van der Waals surface area contributed by atoms with E-state index in [1.165, 1.54) is 83.1 Å². The van der Waals surface area contributed by atoms with Gasteiger partial charge in [-0.3, -0.25) is 0 Å². The summed E-state index contributed by atoms with van der Waals surface area (Å²) in [5.74, 6) is 0. The van der Waals surface area contributed by atoms with Crippen LogP contribution in [0.4, 0.5) is 17.1 Å². The minimum atomic E-state index is -0.457. The molecule has 0 atom stereocenters. The molecule has 1 aliphatic heterocycles. The highest BCUT2D eigenvalue weighted by Crippen LogP contribution is 2.65. The lowest BCUT2D eigenvalue weighted by Crippen LogP contribution is -2.37. The number of fused-ring (bicyclic) bond motifs is 10. The lowest BCUT2D eigenvalue weighted by Gasteiger charge is -2.46. The second-order valence-electron chi connectivity index (χ2n) is 13.4. The average molecular weight is 615 g/mol. The molecule has 0 saturated carbocycles. The summed E-state index contributed by atoms with van der Waals surface area (Å²) in [6.07, 6.45) is 6.81. The number of anilines is 3. The Bertz CT molecular complexity index is 2410. The van der Waals surface area contributed by atoms with Crippen LogP contribution in [0.3, 0.4) is 0 Å². The van der Waals surface area contributed by atoms with Gasteiger partial charge in [0.1, 0.15) is 0 Å². The first-order valence-electron chi connectivity index (χ1n) is 17.0. The van der Waals surface area contributed by atoms with Crippen LogP contribution in [-0.2, 0) is 12.0 Å². The number of nitrogens with zero attached hydrogens (tertiary/aromatic N) is 1. The first-order chi connectivity index (χ1) is 23.7. The third-order valence-electron chi connectivity index (χ3n) is 10.9. The van der Waals surface area contributed by atoms with Crippen molar-refractivity contribution in [2.45, 2.75) is 24.8 Å². The topological polar surface area (TPSA) is 29.3 Å². The predicted octanol–water partition coefficient (Wildman–Crippen LogP) is 11.4. The van der Waals surface area contributed by atoms with Crippen LogP contribution >= 0.6 is 0 Å². The molecule has 228 valence electrons. The van der Waals surface area contributed by atoms with Crippen LogP contribution in [0.5, 0.6) is 0 Å². The molecule has 0 saturated heterocycles. The van der Waals surface area contributed by atoms with Gasteiger partial charge in [-0.1, -0.05) is 109 Å². The quantitative estimate of drug-likeness (QED) is 0.215. The molecule has 2 aliphatic carbocycles. The van der Waals surface area contributed by atoms with Crippen molar-refractivity contribution in [3.63, 3.8) is 0 Å². The summed E-state index contributed by atoms with van der Waals surface area (Å²) in [5.41, 5.74) is 21.2. The SMILES string of the molecule is NCc1cccc(-c2ccc3c(c2)C2(C4=C3C=CCC4)c3cc4ccccc4cc3N(c3ccccc3)c3cc4ccccc4cc32)c1. The Morgan fingerprint density at radius 2 is 1.19 bits per heavy atom. The minimum Gasteiger partial charge on any atom is -0.326 e. The fourth-order valence-corrected chi connectivity index (χ4v) is 8.79. The van der Waals surface area contributed by atoms with Crippen molar-refractivity contribution >= 4 is 44.2 Å². The third kappa shape index (κ3) is 3.78. The summed E-state index contributed by atoms with van der Waals surface area (Å²) in [6.45, 7) is 0.527. The van der Waals surface area contributed by atoms with Gasteiger partial charge in [0.05, 0.1) is 16.8 Å². The van der Waals surface area contributed by atoms with E-state index in [9.17, 15) is 0 Å². The summed E-state index contributed by atoms with van der Waals surface area (Å²) in [4.78, 5) is 2.51. The smallest absolute Gasteiger partial charge is 0.0718 e. The van der Waals surface area contributed by atoms with Crippen LogP contribution < -0.4 is 10.6 Å². The number of para-hydroxylation sites is 1. The molecule has 0 unspecified atom stereocenters. The van der Waals surface area contributed by atoms with E-state index in [2.05, 4.69) is 163 Å². The average Bonchev–Trinajstić information content (AvgIpc) is 3.44. The van der Waals surface area contributed by atoms with Crippen molar-refractivity contribution in [2.75, 3.05) is 4.90 Å². The summed E-state index contributed by atoms with van der Waals surface area (Å²) in [6, 6.07) is 54.3. The molecule has 3 aliphatic rings. The van der Waals surface area contributed by atoms with Crippen molar-refractivity contribution in [3.05, 3.63) is 191 Å². The molecular weight excluding hydrogens is 581 g/mol. The van der Waals surface area contributed by atoms with Gasteiger partial charge in [0.2, 0.25) is 0 Å². The minimum absolute atomic E-state index is 0.457. The van der Waals surface area contributed by atoms with E-state index in [1.54, 1.807) is 0 Å². The van der Waals surface area contributed by atoms with Crippen molar-refractivity contribution in [2.24, 2.45) is 5.73 Å². The van der Waals surface area contributed by atoms with Gasteiger partial charge in [-0.25, -0.2) is 0 Å². The van der Waals surface area contributed by atoms with Crippen molar-refractivity contribution in [1.82, 2.24) is 0 Å². The lowest BCUT2D eigenvalue weighted by molar-refractivity contribution is 0.689. The second kappa shape index (κ2) is 10.4. The van der Waals surface area contributed by atoms with Gasteiger partial charge in [0.15, 0.2) is 0 Å². The Labute approximate surface area is 281 Å². The van der Waals surface area contributed by atoms with Crippen LogP contribution in [0.25, 0.3) is 38.2 Å². The van der Waals surface area contributed by atoms with Crippen LogP contribution in [0.1, 0.15) is 40.7 Å². The first kappa shape index (κ1) is 27.4. The Hall–Kier alpha value is -5.70. The Morgan fingerprint density at radius 1 is 0.562 bits per heavy atom. The monoisotopic (exact) mass is 614 g/mol. The molecule has 1 heterocycles. The van der Waals surface area contributed by atoms with Crippen LogP contribution in [0.15, 0.2) is 163 Å². The Balaban J connectivity index is 1.39. The molecule has 7 aromatic carbocycles. The van der Waals surface area contributed by atoms with Crippen LogP contribution in [0.2, 0.25) is 0 Å². The molecular formula is C46H34N2. The number of benzene rings is 7. The fraction of sp³-hybridized carbons (Fsp3) is 0.0870.